The van der Waals surface area contributed by atoms with Crippen LogP contribution in [0.2, 0.25) is 0 Å². The number of nitrogens with two attached hydrogens (primary N) is 2. The fourth-order valence-corrected chi connectivity index (χ4v) is 2.23. The van der Waals surface area contributed by atoms with Gasteiger partial charge in [-0.3, -0.25) is 4.57 Å². The lowest BCUT2D eigenvalue weighted by molar-refractivity contribution is -0.0285. The van der Waals surface area contributed by atoms with Gasteiger partial charge in [0.15, 0.2) is 23.2 Å². The lowest BCUT2D eigenvalue weighted by atomic mass is 10.1. The van der Waals surface area contributed by atoms with Crippen LogP contribution in [-0.2, 0) is 4.74 Å². The quantitative estimate of drug-likeness (QED) is 0.494. The van der Waals surface area contributed by atoms with Crippen molar-refractivity contribution in [3.8, 4) is 0 Å². The van der Waals surface area contributed by atoms with E-state index in [1.807, 2.05) is 0 Å². The minimum absolute atomic E-state index is 0.0903. The first-order chi connectivity index (χ1) is 9.00. The fourth-order valence-electron chi connectivity index (χ4n) is 2.23. The van der Waals surface area contributed by atoms with Crippen LogP contribution in [0.25, 0.3) is 11.2 Å². The van der Waals surface area contributed by atoms with Crippen LogP contribution in [0.5, 0.6) is 0 Å². The summed E-state index contributed by atoms with van der Waals surface area (Å²) >= 11 is 0. The molecular weight excluding hydrogens is 252 g/mol. The van der Waals surface area contributed by atoms with Crippen molar-refractivity contribution in [3.05, 3.63) is 6.33 Å². The summed E-state index contributed by atoms with van der Waals surface area (Å²) in [6.45, 7) is 1.66. The summed E-state index contributed by atoms with van der Waals surface area (Å²) in [7, 11) is 0. The molecule has 19 heavy (non-hydrogen) atoms. The number of imidazole rings is 1. The molecule has 0 aromatic carbocycles. The zero-order valence-corrected chi connectivity index (χ0v) is 10.1. The first kappa shape index (κ1) is 12.1. The van der Waals surface area contributed by atoms with Crippen molar-refractivity contribution in [1.29, 1.82) is 0 Å². The molecule has 2 aromatic rings. The third-order valence-corrected chi connectivity index (χ3v) is 3.26. The molecule has 0 radical (unpaired) electrons. The minimum Gasteiger partial charge on any atom is -0.388 e. The molecule has 0 amide bonds. The van der Waals surface area contributed by atoms with Gasteiger partial charge in [0, 0.05) is 0 Å². The second kappa shape index (κ2) is 4.02. The number of hydrogen-bond acceptors (Lipinski definition) is 8. The summed E-state index contributed by atoms with van der Waals surface area (Å²) in [6.07, 6.45) is -2.22. The molecule has 9 nitrogen and oxygen atoms in total. The Kier molecular flexibility index (Phi) is 2.55. The topological polar surface area (TPSA) is 145 Å². The van der Waals surface area contributed by atoms with Gasteiger partial charge in [-0.2, -0.15) is 0 Å². The Morgan fingerprint density at radius 1 is 1.26 bits per heavy atom. The Hall–Kier alpha value is -1.97. The van der Waals surface area contributed by atoms with Crippen LogP contribution in [0.3, 0.4) is 0 Å². The van der Waals surface area contributed by atoms with E-state index in [1.54, 1.807) is 6.92 Å². The van der Waals surface area contributed by atoms with Crippen molar-refractivity contribution in [2.75, 3.05) is 11.5 Å². The molecular formula is C10H14N6O3. The van der Waals surface area contributed by atoms with E-state index in [-0.39, 0.29) is 11.8 Å². The lowest BCUT2D eigenvalue weighted by Crippen LogP contribution is -2.30. The summed E-state index contributed by atoms with van der Waals surface area (Å²) in [6, 6.07) is 0. The van der Waals surface area contributed by atoms with Crippen molar-refractivity contribution < 1.29 is 14.9 Å². The van der Waals surface area contributed by atoms with Crippen molar-refractivity contribution >= 4 is 22.9 Å². The van der Waals surface area contributed by atoms with Gasteiger partial charge in [0.1, 0.15) is 18.5 Å². The average molecular weight is 266 g/mol. The predicted octanol–water partition coefficient (Wildman–Crippen LogP) is -1.37. The molecule has 2 aromatic heterocycles. The zero-order valence-electron chi connectivity index (χ0n) is 10.1. The van der Waals surface area contributed by atoms with E-state index in [0.29, 0.717) is 11.2 Å². The van der Waals surface area contributed by atoms with Gasteiger partial charge in [-0.25, -0.2) is 15.0 Å². The van der Waals surface area contributed by atoms with Crippen LogP contribution in [0.1, 0.15) is 13.2 Å². The van der Waals surface area contributed by atoms with Crippen molar-refractivity contribution in [1.82, 2.24) is 19.5 Å². The molecule has 9 heteroatoms. The number of aromatic nitrogens is 4. The molecule has 0 unspecified atom stereocenters. The van der Waals surface area contributed by atoms with Gasteiger partial charge in [0.05, 0.1) is 6.10 Å². The maximum Gasteiger partial charge on any atom is 0.204 e. The largest absolute Gasteiger partial charge is 0.388 e. The maximum atomic E-state index is 10.00. The Morgan fingerprint density at radius 3 is 2.63 bits per heavy atom. The third-order valence-electron chi connectivity index (χ3n) is 3.26. The number of aliphatic hydroxyl groups excluding tert-OH is 2. The van der Waals surface area contributed by atoms with Gasteiger partial charge in [-0.05, 0) is 6.92 Å². The van der Waals surface area contributed by atoms with Gasteiger partial charge in [-0.1, -0.05) is 0 Å². The Morgan fingerprint density at radius 2 is 2.00 bits per heavy atom. The monoisotopic (exact) mass is 266 g/mol. The number of nitrogen functional groups attached to an aromatic ring is 2. The van der Waals surface area contributed by atoms with Crippen molar-refractivity contribution in [2.24, 2.45) is 0 Å². The van der Waals surface area contributed by atoms with Gasteiger partial charge < -0.3 is 26.4 Å². The SMILES string of the molecule is C[C@H]1O[C@@H](n2c(N)nc3c(N)ncnc32)[C@H](O)[C@@H]1O. The van der Waals surface area contributed by atoms with Crippen LogP contribution in [0.15, 0.2) is 6.33 Å². The normalized spacial score (nSPS) is 31.1. The first-order valence-corrected chi connectivity index (χ1v) is 5.76. The highest BCUT2D eigenvalue weighted by atomic mass is 16.6. The number of nitrogens with zero attached hydrogens (tertiary/aromatic N) is 4. The second-order valence-electron chi connectivity index (χ2n) is 4.48. The summed E-state index contributed by atoms with van der Waals surface area (Å²) in [5, 5.41) is 19.7. The molecule has 1 saturated heterocycles. The van der Waals surface area contributed by atoms with E-state index in [4.69, 9.17) is 16.2 Å². The smallest absolute Gasteiger partial charge is 0.204 e. The molecule has 102 valence electrons. The molecule has 0 spiro atoms. The van der Waals surface area contributed by atoms with Gasteiger partial charge >= 0.3 is 0 Å². The fraction of sp³-hybridized carbons (Fsp3) is 0.500. The Bertz CT molecular complexity index is 629. The summed E-state index contributed by atoms with van der Waals surface area (Å²) in [5.41, 5.74) is 12.2. The molecule has 3 rings (SSSR count). The average Bonchev–Trinajstić information content (AvgIpc) is 2.83. The van der Waals surface area contributed by atoms with Crippen LogP contribution in [-0.4, -0.2) is 48.0 Å². The molecule has 6 N–H and O–H groups in total. The summed E-state index contributed by atoms with van der Waals surface area (Å²) in [5.74, 6) is 0.282. The number of fused-ring (bicyclic) bond motifs is 1. The van der Waals surface area contributed by atoms with E-state index in [9.17, 15) is 10.2 Å². The molecule has 1 aliphatic rings. The Labute approximate surface area is 107 Å². The van der Waals surface area contributed by atoms with E-state index in [1.165, 1.54) is 10.9 Å². The molecule has 4 atom stereocenters. The molecule has 3 heterocycles. The highest BCUT2D eigenvalue weighted by molar-refractivity contribution is 5.83. The second-order valence-corrected chi connectivity index (χ2v) is 4.48. The van der Waals surface area contributed by atoms with Gasteiger partial charge in [0.25, 0.3) is 0 Å². The van der Waals surface area contributed by atoms with Crippen molar-refractivity contribution in [2.45, 2.75) is 31.5 Å². The predicted molar refractivity (Wildman–Crippen MR) is 65.7 cm³/mol. The van der Waals surface area contributed by atoms with E-state index in [0.717, 1.165) is 0 Å². The maximum absolute atomic E-state index is 10.00. The van der Waals surface area contributed by atoms with E-state index in [2.05, 4.69) is 15.0 Å². The van der Waals surface area contributed by atoms with E-state index >= 15 is 0 Å². The van der Waals surface area contributed by atoms with Gasteiger partial charge in [0.2, 0.25) is 5.95 Å². The van der Waals surface area contributed by atoms with Gasteiger partial charge in [-0.15, -0.1) is 0 Å². The summed E-state index contributed by atoms with van der Waals surface area (Å²) < 4.78 is 6.91. The van der Waals surface area contributed by atoms with Crippen LogP contribution < -0.4 is 11.5 Å². The number of anilines is 2. The van der Waals surface area contributed by atoms with Crippen LogP contribution in [0, 0.1) is 0 Å². The minimum atomic E-state index is -1.12. The molecule has 1 aliphatic heterocycles. The Balaban J connectivity index is 2.16. The third kappa shape index (κ3) is 1.63. The lowest BCUT2D eigenvalue weighted by Gasteiger charge is -2.17. The number of aliphatic hydroxyl groups is 2. The number of hydrogen-bond donors (Lipinski definition) is 4. The molecule has 0 saturated carbocycles. The molecule has 0 aliphatic carbocycles. The molecule has 0 bridgehead atoms. The van der Waals surface area contributed by atoms with Crippen molar-refractivity contribution in [3.63, 3.8) is 0 Å². The molecule has 1 fully saturated rings. The van der Waals surface area contributed by atoms with Crippen LogP contribution >= 0.6 is 0 Å². The highest BCUT2D eigenvalue weighted by Crippen LogP contribution is 2.33. The first-order valence-electron chi connectivity index (χ1n) is 5.76. The highest BCUT2D eigenvalue weighted by Gasteiger charge is 2.42. The number of rotatable bonds is 1. The van der Waals surface area contributed by atoms with E-state index < -0.39 is 24.5 Å². The number of ether oxygens (including phenoxy) is 1. The van der Waals surface area contributed by atoms with Crippen LogP contribution in [0.4, 0.5) is 11.8 Å². The summed E-state index contributed by atoms with van der Waals surface area (Å²) in [4.78, 5) is 11.9. The zero-order chi connectivity index (χ0) is 13.7. The standard InChI is InChI=1S/C10H14N6O3/c1-3-5(17)6(18)9(19-3)16-8-4(15-10(16)12)7(11)13-2-14-8/h2-3,5-6,9,17-18H,1H3,(H2,12,15)(H2,11,13,14)/t3-,5-,6-,9-/m1/s1.